The Balaban J connectivity index is 1.59. The van der Waals surface area contributed by atoms with Crippen LogP contribution in [0.3, 0.4) is 0 Å². The van der Waals surface area contributed by atoms with E-state index in [1.54, 1.807) is 6.33 Å². The van der Waals surface area contributed by atoms with Crippen molar-refractivity contribution in [1.82, 2.24) is 25.0 Å². The van der Waals surface area contributed by atoms with Crippen LogP contribution in [0.4, 0.5) is 0 Å². The highest BCUT2D eigenvalue weighted by atomic mass is 15.4. The molecule has 1 N–H and O–H groups in total. The Morgan fingerprint density at radius 2 is 2.10 bits per heavy atom. The van der Waals surface area contributed by atoms with Crippen molar-refractivity contribution in [2.75, 3.05) is 19.6 Å². The van der Waals surface area contributed by atoms with Crippen molar-refractivity contribution >= 4 is 0 Å². The molecule has 21 heavy (non-hydrogen) atoms. The molecule has 1 aliphatic carbocycles. The van der Waals surface area contributed by atoms with E-state index in [-0.39, 0.29) is 0 Å². The highest BCUT2D eigenvalue weighted by molar-refractivity contribution is 4.91. The van der Waals surface area contributed by atoms with Crippen molar-refractivity contribution in [2.24, 2.45) is 5.92 Å². The molecule has 0 amide bonds. The van der Waals surface area contributed by atoms with Gasteiger partial charge < -0.3 is 5.32 Å². The zero-order chi connectivity index (χ0) is 14.7. The summed E-state index contributed by atoms with van der Waals surface area (Å²) >= 11 is 0. The van der Waals surface area contributed by atoms with Crippen LogP contribution in [0.2, 0.25) is 0 Å². The molecule has 0 radical (unpaired) electrons. The van der Waals surface area contributed by atoms with E-state index in [1.807, 2.05) is 0 Å². The van der Waals surface area contributed by atoms with Crippen LogP contribution in [-0.2, 0) is 6.54 Å². The highest BCUT2D eigenvalue weighted by Crippen LogP contribution is 2.27. The Kier molecular flexibility index (Phi) is 4.91. The molecule has 1 unspecified atom stereocenters. The lowest BCUT2D eigenvalue weighted by atomic mass is 9.83. The third kappa shape index (κ3) is 3.64. The lowest BCUT2D eigenvalue weighted by molar-refractivity contribution is 0.136. The number of piperazine rings is 1. The largest absolute Gasteiger partial charge is 0.311 e. The minimum Gasteiger partial charge on any atom is -0.311 e. The molecule has 1 aromatic rings. The molecule has 1 saturated carbocycles. The number of aromatic nitrogens is 3. The quantitative estimate of drug-likeness (QED) is 0.924. The SMILES string of the molecule is CC(C)n1ncnc1CN1CCNC(C2CCCCC2)C1. The zero-order valence-corrected chi connectivity index (χ0v) is 13.5. The van der Waals surface area contributed by atoms with Gasteiger partial charge in [0, 0.05) is 31.7 Å². The van der Waals surface area contributed by atoms with Gasteiger partial charge in [-0.25, -0.2) is 9.67 Å². The smallest absolute Gasteiger partial charge is 0.141 e. The van der Waals surface area contributed by atoms with Crippen molar-refractivity contribution in [3.8, 4) is 0 Å². The van der Waals surface area contributed by atoms with Crippen LogP contribution in [0.25, 0.3) is 0 Å². The minimum atomic E-state index is 0.388. The van der Waals surface area contributed by atoms with Crippen LogP contribution < -0.4 is 5.32 Å². The maximum atomic E-state index is 4.46. The molecular formula is C16H29N5. The fourth-order valence-electron chi connectivity index (χ4n) is 3.86. The summed E-state index contributed by atoms with van der Waals surface area (Å²) in [6, 6.07) is 1.06. The van der Waals surface area contributed by atoms with Gasteiger partial charge in [-0.2, -0.15) is 5.10 Å². The van der Waals surface area contributed by atoms with Gasteiger partial charge in [0.1, 0.15) is 12.2 Å². The number of nitrogens with one attached hydrogen (secondary N) is 1. The number of nitrogens with zero attached hydrogens (tertiary/aromatic N) is 4. The summed E-state index contributed by atoms with van der Waals surface area (Å²) in [5, 5.41) is 8.10. The number of rotatable bonds is 4. The van der Waals surface area contributed by atoms with Gasteiger partial charge >= 0.3 is 0 Å². The third-order valence-electron chi connectivity index (χ3n) is 5.01. The van der Waals surface area contributed by atoms with Crippen molar-refractivity contribution in [1.29, 1.82) is 0 Å². The summed E-state index contributed by atoms with van der Waals surface area (Å²) in [6.45, 7) is 8.66. The minimum absolute atomic E-state index is 0.388. The van der Waals surface area contributed by atoms with Crippen LogP contribution >= 0.6 is 0 Å². The Hall–Kier alpha value is -0.940. The molecule has 118 valence electrons. The predicted octanol–water partition coefficient (Wildman–Crippen LogP) is 2.21. The Bertz CT molecular complexity index is 436. The molecule has 2 fully saturated rings. The van der Waals surface area contributed by atoms with E-state index in [9.17, 15) is 0 Å². The van der Waals surface area contributed by atoms with Crippen LogP contribution in [0.5, 0.6) is 0 Å². The molecule has 0 spiro atoms. The van der Waals surface area contributed by atoms with Crippen molar-refractivity contribution in [3.05, 3.63) is 12.2 Å². The summed E-state index contributed by atoms with van der Waals surface area (Å²) in [4.78, 5) is 7.01. The van der Waals surface area contributed by atoms with Gasteiger partial charge in [0.2, 0.25) is 0 Å². The average molecular weight is 291 g/mol. The van der Waals surface area contributed by atoms with Gasteiger partial charge in [-0.1, -0.05) is 19.3 Å². The van der Waals surface area contributed by atoms with Gasteiger partial charge in [-0.3, -0.25) is 4.90 Å². The van der Waals surface area contributed by atoms with E-state index < -0.39 is 0 Å². The van der Waals surface area contributed by atoms with Gasteiger partial charge in [-0.15, -0.1) is 0 Å². The topological polar surface area (TPSA) is 46.0 Å². The van der Waals surface area contributed by atoms with E-state index in [0.717, 1.165) is 37.9 Å². The van der Waals surface area contributed by atoms with Crippen LogP contribution in [-0.4, -0.2) is 45.3 Å². The first kappa shape index (κ1) is 15.0. The molecule has 0 aromatic carbocycles. The van der Waals surface area contributed by atoms with E-state index >= 15 is 0 Å². The zero-order valence-electron chi connectivity index (χ0n) is 13.5. The molecule has 1 aliphatic heterocycles. The Morgan fingerprint density at radius 3 is 2.86 bits per heavy atom. The van der Waals surface area contributed by atoms with E-state index in [4.69, 9.17) is 0 Å². The second kappa shape index (κ2) is 6.88. The summed E-state index contributed by atoms with van der Waals surface area (Å²) in [6.07, 6.45) is 8.79. The van der Waals surface area contributed by atoms with Gasteiger partial charge in [0.05, 0.1) is 6.54 Å². The summed E-state index contributed by atoms with van der Waals surface area (Å²) in [5.41, 5.74) is 0. The van der Waals surface area contributed by atoms with E-state index in [1.165, 1.54) is 32.1 Å². The van der Waals surface area contributed by atoms with Crippen molar-refractivity contribution in [3.63, 3.8) is 0 Å². The van der Waals surface area contributed by atoms with Gasteiger partial charge in [0.15, 0.2) is 0 Å². The fraction of sp³-hybridized carbons (Fsp3) is 0.875. The van der Waals surface area contributed by atoms with Gasteiger partial charge in [0.25, 0.3) is 0 Å². The molecule has 0 bridgehead atoms. The molecule has 1 saturated heterocycles. The summed E-state index contributed by atoms with van der Waals surface area (Å²) in [5.74, 6) is 1.99. The normalized spacial score (nSPS) is 25.6. The molecule has 2 heterocycles. The second-order valence-electron chi connectivity index (χ2n) is 6.91. The van der Waals surface area contributed by atoms with E-state index in [0.29, 0.717) is 12.1 Å². The molecular weight excluding hydrogens is 262 g/mol. The highest BCUT2D eigenvalue weighted by Gasteiger charge is 2.28. The lowest BCUT2D eigenvalue weighted by Crippen LogP contribution is -2.53. The van der Waals surface area contributed by atoms with Crippen LogP contribution in [0.15, 0.2) is 6.33 Å². The third-order valence-corrected chi connectivity index (χ3v) is 5.01. The van der Waals surface area contributed by atoms with Crippen LogP contribution in [0, 0.1) is 5.92 Å². The molecule has 1 atom stereocenters. The Morgan fingerprint density at radius 1 is 1.29 bits per heavy atom. The second-order valence-corrected chi connectivity index (χ2v) is 6.91. The summed E-state index contributed by atoms with van der Waals surface area (Å²) < 4.78 is 2.05. The maximum absolute atomic E-state index is 4.46. The fourth-order valence-corrected chi connectivity index (χ4v) is 3.86. The first-order valence-electron chi connectivity index (χ1n) is 8.58. The Labute approximate surface area is 128 Å². The number of hydrogen-bond donors (Lipinski definition) is 1. The molecule has 5 heteroatoms. The first-order valence-corrected chi connectivity index (χ1v) is 8.58. The molecule has 5 nitrogen and oxygen atoms in total. The van der Waals surface area contributed by atoms with Crippen molar-refractivity contribution in [2.45, 2.75) is 64.6 Å². The van der Waals surface area contributed by atoms with Crippen LogP contribution in [0.1, 0.15) is 57.8 Å². The van der Waals surface area contributed by atoms with Gasteiger partial charge in [-0.05, 0) is 32.6 Å². The average Bonchev–Trinajstić information content (AvgIpc) is 2.97. The molecule has 3 rings (SSSR count). The number of hydrogen-bond acceptors (Lipinski definition) is 4. The predicted molar refractivity (Wildman–Crippen MR) is 84.0 cm³/mol. The monoisotopic (exact) mass is 291 g/mol. The summed E-state index contributed by atoms with van der Waals surface area (Å²) in [7, 11) is 0. The lowest BCUT2D eigenvalue weighted by Gasteiger charge is -2.39. The van der Waals surface area contributed by atoms with E-state index in [2.05, 4.69) is 38.8 Å². The maximum Gasteiger partial charge on any atom is 0.141 e. The molecule has 1 aromatic heterocycles. The molecule has 2 aliphatic rings. The van der Waals surface area contributed by atoms with Crippen molar-refractivity contribution < 1.29 is 0 Å². The standard InChI is InChI=1S/C16H29N5/c1-13(2)21-16(18-12-19-21)11-20-9-8-17-15(10-20)14-6-4-3-5-7-14/h12-15,17H,3-11H2,1-2H3. The first-order chi connectivity index (χ1) is 10.2.